The van der Waals surface area contributed by atoms with Gasteiger partial charge in [0.1, 0.15) is 15.5 Å². The summed E-state index contributed by atoms with van der Waals surface area (Å²) in [6.07, 6.45) is 2.71. The number of carbonyl (C=O) groups is 1. The highest BCUT2D eigenvalue weighted by molar-refractivity contribution is 7.90. The molecule has 0 aliphatic carbocycles. The molecule has 1 atom stereocenters. The van der Waals surface area contributed by atoms with E-state index in [2.05, 4.69) is 10.3 Å². The SMILES string of the molecule is CCOc1ncccc1NC(=O)C(N)CCS(C)(=O)=O. The number of hydrogen-bond donors (Lipinski definition) is 2. The first kappa shape index (κ1) is 16.4. The lowest BCUT2D eigenvalue weighted by atomic mass is 10.2. The Hall–Kier alpha value is -1.67. The molecule has 1 amide bonds. The summed E-state index contributed by atoms with van der Waals surface area (Å²) in [5.41, 5.74) is 6.07. The highest BCUT2D eigenvalue weighted by atomic mass is 32.2. The van der Waals surface area contributed by atoms with E-state index in [-0.39, 0.29) is 12.2 Å². The Morgan fingerprint density at radius 1 is 1.55 bits per heavy atom. The quantitative estimate of drug-likeness (QED) is 0.743. The Bertz CT molecular complexity index is 560. The van der Waals surface area contributed by atoms with Crippen LogP contribution in [-0.4, -0.2) is 44.0 Å². The van der Waals surface area contributed by atoms with Crippen molar-refractivity contribution in [3.63, 3.8) is 0 Å². The van der Waals surface area contributed by atoms with E-state index in [0.717, 1.165) is 6.26 Å². The van der Waals surface area contributed by atoms with E-state index < -0.39 is 21.8 Å². The molecule has 1 rings (SSSR count). The van der Waals surface area contributed by atoms with Gasteiger partial charge in [0.25, 0.3) is 0 Å². The third kappa shape index (κ3) is 5.54. The van der Waals surface area contributed by atoms with Gasteiger partial charge in [0.05, 0.1) is 18.4 Å². The van der Waals surface area contributed by atoms with Crippen molar-refractivity contribution < 1.29 is 17.9 Å². The summed E-state index contributed by atoms with van der Waals surface area (Å²) < 4.78 is 27.3. The molecule has 0 bridgehead atoms. The van der Waals surface area contributed by atoms with Crippen LogP contribution < -0.4 is 15.8 Å². The maximum absolute atomic E-state index is 11.9. The Morgan fingerprint density at radius 2 is 2.25 bits per heavy atom. The monoisotopic (exact) mass is 301 g/mol. The molecular formula is C12H19N3O4S. The highest BCUT2D eigenvalue weighted by Gasteiger charge is 2.17. The van der Waals surface area contributed by atoms with Crippen LogP contribution in [0.4, 0.5) is 5.69 Å². The topological polar surface area (TPSA) is 111 Å². The van der Waals surface area contributed by atoms with Gasteiger partial charge < -0.3 is 15.8 Å². The van der Waals surface area contributed by atoms with Crippen molar-refractivity contribution in [1.29, 1.82) is 0 Å². The molecule has 3 N–H and O–H groups in total. The summed E-state index contributed by atoms with van der Waals surface area (Å²) in [5, 5.41) is 2.59. The minimum Gasteiger partial charge on any atom is -0.476 e. The van der Waals surface area contributed by atoms with Gasteiger partial charge in [0.2, 0.25) is 11.8 Å². The summed E-state index contributed by atoms with van der Waals surface area (Å²) in [6, 6.07) is 2.39. The molecule has 0 saturated heterocycles. The molecule has 0 aliphatic heterocycles. The van der Waals surface area contributed by atoms with E-state index in [1.807, 2.05) is 0 Å². The molecule has 7 nitrogen and oxygen atoms in total. The van der Waals surface area contributed by atoms with Crippen molar-refractivity contribution in [1.82, 2.24) is 4.98 Å². The maximum Gasteiger partial charge on any atom is 0.241 e. The van der Waals surface area contributed by atoms with Crippen LogP contribution in [0.25, 0.3) is 0 Å². The second-order valence-electron chi connectivity index (χ2n) is 4.30. The van der Waals surface area contributed by atoms with E-state index >= 15 is 0 Å². The molecule has 0 radical (unpaired) electrons. The molecule has 1 aromatic heterocycles. The number of rotatable bonds is 7. The van der Waals surface area contributed by atoms with Crippen molar-refractivity contribution in [3.8, 4) is 5.88 Å². The summed E-state index contributed by atoms with van der Waals surface area (Å²) in [6.45, 7) is 2.22. The van der Waals surface area contributed by atoms with Crippen molar-refractivity contribution in [2.45, 2.75) is 19.4 Å². The van der Waals surface area contributed by atoms with E-state index in [1.165, 1.54) is 0 Å². The smallest absolute Gasteiger partial charge is 0.241 e. The highest BCUT2D eigenvalue weighted by Crippen LogP contribution is 2.20. The normalized spacial score (nSPS) is 12.8. The van der Waals surface area contributed by atoms with Gasteiger partial charge in [-0.2, -0.15) is 0 Å². The number of sulfone groups is 1. The van der Waals surface area contributed by atoms with Crippen LogP contribution in [-0.2, 0) is 14.6 Å². The Morgan fingerprint density at radius 3 is 2.85 bits per heavy atom. The molecule has 0 saturated carbocycles. The predicted molar refractivity (Wildman–Crippen MR) is 76.3 cm³/mol. The zero-order valence-electron chi connectivity index (χ0n) is 11.5. The minimum absolute atomic E-state index is 0.0644. The summed E-state index contributed by atoms with van der Waals surface area (Å²) in [4.78, 5) is 15.9. The number of anilines is 1. The van der Waals surface area contributed by atoms with Gasteiger partial charge in [0.15, 0.2) is 0 Å². The lowest BCUT2D eigenvalue weighted by molar-refractivity contribution is -0.117. The number of carbonyl (C=O) groups excluding carboxylic acids is 1. The second kappa shape index (κ2) is 7.20. The van der Waals surface area contributed by atoms with Gasteiger partial charge in [-0.05, 0) is 25.5 Å². The third-order valence-corrected chi connectivity index (χ3v) is 3.42. The number of pyridine rings is 1. The summed E-state index contributed by atoms with van der Waals surface area (Å²) in [5.74, 6) is -0.297. The molecule has 0 aromatic carbocycles. The molecule has 0 aliphatic rings. The standard InChI is InChI=1S/C12H19N3O4S/c1-3-19-12-10(5-4-7-14-12)15-11(16)9(13)6-8-20(2,17)18/h4-5,7,9H,3,6,8,13H2,1-2H3,(H,15,16). The summed E-state index contributed by atoms with van der Waals surface area (Å²) >= 11 is 0. The van der Waals surface area contributed by atoms with E-state index in [0.29, 0.717) is 18.2 Å². The number of ether oxygens (including phenoxy) is 1. The Balaban J connectivity index is 2.66. The van der Waals surface area contributed by atoms with Crippen molar-refractivity contribution >= 4 is 21.4 Å². The van der Waals surface area contributed by atoms with E-state index in [9.17, 15) is 13.2 Å². The van der Waals surface area contributed by atoms with Crippen molar-refractivity contribution in [2.24, 2.45) is 5.73 Å². The van der Waals surface area contributed by atoms with Gasteiger partial charge in [-0.1, -0.05) is 0 Å². The second-order valence-corrected chi connectivity index (χ2v) is 6.56. The molecule has 0 spiro atoms. The number of aromatic nitrogens is 1. The largest absolute Gasteiger partial charge is 0.476 e. The van der Waals surface area contributed by atoms with Crippen LogP contribution in [0, 0.1) is 0 Å². The van der Waals surface area contributed by atoms with E-state index in [1.54, 1.807) is 25.3 Å². The first-order valence-corrected chi connectivity index (χ1v) is 8.21. The average Bonchev–Trinajstić information content (AvgIpc) is 2.37. The Kier molecular flexibility index (Phi) is 5.90. The van der Waals surface area contributed by atoms with Crippen LogP contribution >= 0.6 is 0 Å². The Labute approximate surface area is 118 Å². The minimum atomic E-state index is -3.14. The molecular weight excluding hydrogens is 282 g/mol. The number of nitrogens with zero attached hydrogens (tertiary/aromatic N) is 1. The maximum atomic E-state index is 11.9. The fourth-order valence-corrected chi connectivity index (χ4v) is 2.12. The number of amides is 1. The van der Waals surface area contributed by atoms with Crippen LogP contribution in [0.3, 0.4) is 0 Å². The van der Waals surface area contributed by atoms with Crippen LogP contribution in [0.2, 0.25) is 0 Å². The van der Waals surface area contributed by atoms with Crippen LogP contribution in [0.15, 0.2) is 18.3 Å². The molecule has 20 heavy (non-hydrogen) atoms. The van der Waals surface area contributed by atoms with Gasteiger partial charge in [-0.3, -0.25) is 4.79 Å². The lowest BCUT2D eigenvalue weighted by Gasteiger charge is -2.13. The van der Waals surface area contributed by atoms with Crippen LogP contribution in [0.5, 0.6) is 5.88 Å². The lowest BCUT2D eigenvalue weighted by Crippen LogP contribution is -2.37. The molecule has 112 valence electrons. The molecule has 1 heterocycles. The van der Waals surface area contributed by atoms with Gasteiger partial charge in [0, 0.05) is 12.5 Å². The first-order valence-electron chi connectivity index (χ1n) is 6.15. The fourth-order valence-electron chi connectivity index (χ4n) is 1.44. The first-order chi connectivity index (χ1) is 9.33. The predicted octanol–water partition coefficient (Wildman–Crippen LogP) is 0.181. The molecule has 1 aromatic rings. The van der Waals surface area contributed by atoms with Gasteiger partial charge >= 0.3 is 0 Å². The average molecular weight is 301 g/mol. The van der Waals surface area contributed by atoms with Crippen molar-refractivity contribution in [3.05, 3.63) is 18.3 Å². The van der Waals surface area contributed by atoms with E-state index in [4.69, 9.17) is 10.5 Å². The van der Waals surface area contributed by atoms with Crippen LogP contribution in [0.1, 0.15) is 13.3 Å². The summed E-state index contributed by atoms with van der Waals surface area (Å²) in [7, 11) is -3.14. The number of hydrogen-bond acceptors (Lipinski definition) is 6. The number of nitrogens with two attached hydrogens (primary N) is 1. The number of nitrogens with one attached hydrogen (secondary N) is 1. The van der Waals surface area contributed by atoms with Gasteiger partial charge in [-0.25, -0.2) is 13.4 Å². The molecule has 0 fully saturated rings. The van der Waals surface area contributed by atoms with Gasteiger partial charge in [-0.15, -0.1) is 0 Å². The van der Waals surface area contributed by atoms with Crippen molar-refractivity contribution in [2.75, 3.05) is 23.9 Å². The molecule has 1 unspecified atom stereocenters. The third-order valence-electron chi connectivity index (χ3n) is 2.45. The molecule has 8 heteroatoms. The zero-order valence-corrected chi connectivity index (χ0v) is 12.3. The zero-order chi connectivity index (χ0) is 15.2. The fraction of sp³-hybridized carbons (Fsp3) is 0.500.